The number of hydrogen-bond acceptors (Lipinski definition) is 1. The summed E-state index contributed by atoms with van der Waals surface area (Å²) < 4.78 is 6.37. The molecule has 0 bridgehead atoms. The van der Waals surface area contributed by atoms with Gasteiger partial charge >= 0.3 is 0 Å². The molecule has 0 amide bonds. The molecule has 1 nitrogen and oxygen atoms in total. The molecule has 53 heavy (non-hydrogen) atoms. The molecule has 0 atom stereocenters. The van der Waals surface area contributed by atoms with Crippen molar-refractivity contribution in [1.29, 1.82) is 0 Å². The van der Waals surface area contributed by atoms with Gasteiger partial charge in [-0.1, -0.05) is 175 Å². The highest BCUT2D eigenvalue weighted by Crippen LogP contribution is 2.47. The van der Waals surface area contributed by atoms with E-state index < -0.39 is 0 Å². The van der Waals surface area contributed by atoms with Gasteiger partial charge in [0, 0.05) is 16.3 Å². The minimum atomic E-state index is 0.0109. The van der Waals surface area contributed by atoms with Gasteiger partial charge in [-0.05, 0) is 107 Å². The fraction of sp³-hybridized carbons (Fsp3) is 0.154. The molecule has 0 aliphatic carbocycles. The molecule has 0 radical (unpaired) electrons. The van der Waals surface area contributed by atoms with Crippen molar-refractivity contribution in [2.24, 2.45) is 0 Å². The Morgan fingerprint density at radius 2 is 0.811 bits per heavy atom. The van der Waals surface area contributed by atoms with Crippen LogP contribution in [0.1, 0.15) is 52.7 Å². The molecular formula is C52H44O. The Labute approximate surface area is 312 Å². The van der Waals surface area contributed by atoms with Crippen molar-refractivity contribution in [3.05, 3.63) is 169 Å². The summed E-state index contributed by atoms with van der Waals surface area (Å²) in [4.78, 5) is 0. The Balaban J connectivity index is 1.32. The minimum absolute atomic E-state index is 0.0109. The second kappa shape index (κ2) is 12.3. The molecule has 8 aromatic carbocycles. The van der Waals surface area contributed by atoms with Crippen molar-refractivity contribution in [3.63, 3.8) is 0 Å². The fourth-order valence-electron chi connectivity index (χ4n) is 8.17. The first-order valence-electron chi connectivity index (χ1n) is 18.8. The predicted molar refractivity (Wildman–Crippen MR) is 228 cm³/mol. The number of para-hydroxylation sites is 1. The molecule has 1 heterocycles. The van der Waals surface area contributed by atoms with Crippen molar-refractivity contribution in [2.75, 3.05) is 0 Å². The summed E-state index contributed by atoms with van der Waals surface area (Å²) in [5.74, 6) is 0. The van der Waals surface area contributed by atoms with Crippen molar-refractivity contribution < 1.29 is 4.42 Å². The summed E-state index contributed by atoms with van der Waals surface area (Å²) in [5, 5.41) is 7.44. The molecule has 0 aliphatic rings. The predicted octanol–water partition coefficient (Wildman–Crippen LogP) is 15.2. The van der Waals surface area contributed by atoms with Gasteiger partial charge in [-0.2, -0.15) is 0 Å². The van der Waals surface area contributed by atoms with Gasteiger partial charge < -0.3 is 4.42 Å². The molecule has 0 N–H and O–H groups in total. The Kier molecular flexibility index (Phi) is 7.68. The van der Waals surface area contributed by atoms with Crippen LogP contribution >= 0.6 is 0 Å². The molecule has 0 unspecified atom stereocenters. The number of fused-ring (bicyclic) bond motifs is 5. The minimum Gasteiger partial charge on any atom is -0.456 e. The third kappa shape index (κ3) is 5.63. The first-order valence-corrected chi connectivity index (χ1v) is 18.8. The highest BCUT2D eigenvalue weighted by molar-refractivity contribution is 6.22. The van der Waals surface area contributed by atoms with Gasteiger partial charge in [-0.25, -0.2) is 0 Å². The van der Waals surface area contributed by atoms with Gasteiger partial charge in [-0.15, -0.1) is 0 Å². The lowest BCUT2D eigenvalue weighted by molar-refractivity contribution is 0.590. The average Bonchev–Trinajstić information content (AvgIpc) is 3.55. The van der Waals surface area contributed by atoms with Gasteiger partial charge in [-0.3, -0.25) is 0 Å². The van der Waals surface area contributed by atoms with E-state index in [0.29, 0.717) is 0 Å². The van der Waals surface area contributed by atoms with E-state index in [0.717, 1.165) is 21.9 Å². The van der Waals surface area contributed by atoms with E-state index in [4.69, 9.17) is 4.42 Å². The highest BCUT2D eigenvalue weighted by Gasteiger charge is 2.23. The molecule has 1 heteroatoms. The number of furan rings is 1. The van der Waals surface area contributed by atoms with Gasteiger partial charge in [0.2, 0.25) is 0 Å². The van der Waals surface area contributed by atoms with Gasteiger partial charge in [0.05, 0.1) is 0 Å². The van der Waals surface area contributed by atoms with Crippen molar-refractivity contribution in [2.45, 2.75) is 52.4 Å². The lowest BCUT2D eigenvalue weighted by atomic mass is 9.79. The third-order valence-electron chi connectivity index (χ3n) is 11.0. The van der Waals surface area contributed by atoms with Crippen LogP contribution in [0, 0.1) is 0 Å². The van der Waals surface area contributed by atoms with E-state index in [9.17, 15) is 0 Å². The van der Waals surface area contributed by atoms with E-state index in [2.05, 4.69) is 193 Å². The number of hydrogen-bond donors (Lipinski definition) is 0. The lowest BCUT2D eigenvalue weighted by Crippen LogP contribution is -2.11. The average molecular weight is 685 g/mol. The second-order valence-electron chi connectivity index (χ2n) is 16.5. The van der Waals surface area contributed by atoms with Crippen LogP contribution in [-0.2, 0) is 10.8 Å². The van der Waals surface area contributed by atoms with Crippen LogP contribution in [0.15, 0.2) is 162 Å². The Morgan fingerprint density at radius 3 is 1.36 bits per heavy atom. The van der Waals surface area contributed by atoms with Gasteiger partial charge in [0.1, 0.15) is 11.2 Å². The molecule has 0 spiro atoms. The van der Waals surface area contributed by atoms with Gasteiger partial charge in [0.15, 0.2) is 0 Å². The molecule has 0 fully saturated rings. The molecule has 258 valence electrons. The smallest absolute Gasteiger partial charge is 0.136 e. The third-order valence-corrected chi connectivity index (χ3v) is 11.0. The van der Waals surface area contributed by atoms with E-state index >= 15 is 0 Å². The van der Waals surface area contributed by atoms with E-state index in [-0.39, 0.29) is 10.8 Å². The largest absolute Gasteiger partial charge is 0.456 e. The van der Waals surface area contributed by atoms with Crippen LogP contribution in [0.2, 0.25) is 0 Å². The molecule has 0 aliphatic heterocycles. The first kappa shape index (κ1) is 33.0. The summed E-state index contributed by atoms with van der Waals surface area (Å²) in [6.07, 6.45) is 0. The maximum absolute atomic E-state index is 6.37. The summed E-state index contributed by atoms with van der Waals surface area (Å²) in [6.45, 7) is 13.8. The quantitative estimate of drug-likeness (QED) is 0.168. The maximum Gasteiger partial charge on any atom is 0.136 e. The van der Waals surface area contributed by atoms with E-state index in [1.807, 2.05) is 6.07 Å². The zero-order chi connectivity index (χ0) is 36.5. The monoisotopic (exact) mass is 684 g/mol. The van der Waals surface area contributed by atoms with Crippen LogP contribution in [0.5, 0.6) is 0 Å². The summed E-state index contributed by atoms with van der Waals surface area (Å²) in [6, 6.07) is 58.0. The normalized spacial score (nSPS) is 12.3. The van der Waals surface area contributed by atoms with E-state index in [1.165, 1.54) is 77.2 Å². The Hall–Kier alpha value is -5.92. The summed E-state index contributed by atoms with van der Waals surface area (Å²) in [5.41, 5.74) is 14.3. The number of rotatable bonds is 4. The van der Waals surface area contributed by atoms with Crippen LogP contribution in [-0.4, -0.2) is 0 Å². The molecule has 0 saturated carbocycles. The first-order chi connectivity index (χ1) is 25.6. The molecule has 9 rings (SSSR count). The summed E-state index contributed by atoms with van der Waals surface area (Å²) >= 11 is 0. The fourth-order valence-corrected chi connectivity index (χ4v) is 8.17. The van der Waals surface area contributed by atoms with Crippen molar-refractivity contribution in [1.82, 2.24) is 0 Å². The molecular weight excluding hydrogens is 641 g/mol. The molecule has 1 aromatic heterocycles. The molecule has 9 aromatic rings. The standard InChI is InChI=1S/C52H44O/c1-51(2,3)37-26-28-41-43(31-37)47(34-15-9-7-10-16-34)40-27-25-38(52(4,5)6)32-44(40)48(41)36-23-21-33(22-24-36)39-29-30-46-50(42-19-13-14-20-45(42)53-46)49(39)35-17-11-8-12-18-35/h7-32H,1-6H3. The van der Waals surface area contributed by atoms with Gasteiger partial charge in [0.25, 0.3) is 0 Å². The van der Waals surface area contributed by atoms with Crippen LogP contribution in [0.25, 0.3) is 88.0 Å². The van der Waals surface area contributed by atoms with Crippen LogP contribution in [0.4, 0.5) is 0 Å². The zero-order valence-corrected chi connectivity index (χ0v) is 31.4. The summed E-state index contributed by atoms with van der Waals surface area (Å²) in [7, 11) is 0. The Bertz CT molecular complexity index is 2800. The second-order valence-corrected chi connectivity index (χ2v) is 16.5. The highest BCUT2D eigenvalue weighted by atomic mass is 16.3. The number of benzene rings is 8. The zero-order valence-electron chi connectivity index (χ0n) is 31.4. The van der Waals surface area contributed by atoms with Crippen molar-refractivity contribution >= 4 is 43.5 Å². The topological polar surface area (TPSA) is 13.1 Å². The Morgan fingerprint density at radius 1 is 0.340 bits per heavy atom. The lowest BCUT2D eigenvalue weighted by Gasteiger charge is -2.25. The van der Waals surface area contributed by atoms with Crippen molar-refractivity contribution in [3.8, 4) is 44.5 Å². The van der Waals surface area contributed by atoms with E-state index in [1.54, 1.807) is 0 Å². The SMILES string of the molecule is CC(C)(C)c1ccc2c(-c3ccc(-c4ccc5oc6ccccc6c5c4-c4ccccc4)cc3)c3cc(C(C)(C)C)ccc3c(-c3ccccc3)c2c1. The maximum atomic E-state index is 6.37. The van der Waals surface area contributed by atoms with Crippen LogP contribution < -0.4 is 0 Å². The van der Waals surface area contributed by atoms with Crippen LogP contribution in [0.3, 0.4) is 0 Å². The molecule has 0 saturated heterocycles.